The Morgan fingerprint density at radius 3 is 2.04 bits per heavy atom. The molecule has 2 rings (SSSR count). The fraction of sp³-hybridized carbons (Fsp3) is 0.381. The van der Waals surface area contributed by atoms with Gasteiger partial charge in [-0.05, 0) is 37.8 Å². The predicted molar refractivity (Wildman–Crippen MR) is 99.7 cm³/mol. The van der Waals surface area contributed by atoms with Crippen molar-refractivity contribution < 1.29 is 14.3 Å². The molecule has 1 N–H and O–H groups in total. The van der Waals surface area contributed by atoms with Crippen LogP contribution in [0.5, 0.6) is 0 Å². The smallest absolute Gasteiger partial charge is 0.407 e. The van der Waals surface area contributed by atoms with Gasteiger partial charge in [0.2, 0.25) is 0 Å². The molecule has 0 heterocycles. The zero-order chi connectivity index (χ0) is 17.9. The largest absolute Gasteiger partial charge is 0.447 e. The summed E-state index contributed by atoms with van der Waals surface area (Å²) in [6.45, 7) is 4.64. The lowest BCUT2D eigenvalue weighted by Crippen LogP contribution is -2.35. The van der Waals surface area contributed by atoms with Crippen molar-refractivity contribution in [1.82, 2.24) is 5.32 Å². The Balaban J connectivity index is 1.57. The quantitative estimate of drug-likeness (QED) is 0.702. The lowest BCUT2D eigenvalue weighted by Gasteiger charge is -2.15. The van der Waals surface area contributed by atoms with Crippen LogP contribution in [-0.2, 0) is 22.3 Å². The maximum absolute atomic E-state index is 11.8. The Morgan fingerprint density at radius 1 is 0.880 bits per heavy atom. The van der Waals surface area contributed by atoms with Crippen LogP contribution >= 0.6 is 0 Å². The second-order valence-electron chi connectivity index (χ2n) is 6.24. The van der Waals surface area contributed by atoms with E-state index in [9.17, 15) is 4.79 Å². The van der Waals surface area contributed by atoms with E-state index in [4.69, 9.17) is 9.47 Å². The molecule has 0 aliphatic rings. The first-order valence-electron chi connectivity index (χ1n) is 8.76. The van der Waals surface area contributed by atoms with Gasteiger partial charge in [-0.15, -0.1) is 0 Å². The van der Waals surface area contributed by atoms with Crippen molar-refractivity contribution in [3.05, 3.63) is 71.8 Å². The molecule has 4 heteroatoms. The standard InChI is InChI=1S/C21H27NO3/c1-17(15-19-9-5-3-6-10-19)22-21(23)25-14-13-24-18(2)16-20-11-7-4-8-12-20/h3-12,17-18H,13-16H2,1-2H3,(H,22,23)/t17-,18?/m1/s1. The minimum atomic E-state index is -0.400. The van der Waals surface area contributed by atoms with E-state index >= 15 is 0 Å². The molecular formula is C21H27NO3. The molecule has 0 saturated heterocycles. The van der Waals surface area contributed by atoms with Crippen LogP contribution in [0.25, 0.3) is 0 Å². The molecule has 0 aliphatic carbocycles. The van der Waals surface area contributed by atoms with Gasteiger partial charge < -0.3 is 14.8 Å². The highest BCUT2D eigenvalue weighted by Gasteiger charge is 2.09. The summed E-state index contributed by atoms with van der Waals surface area (Å²) in [5.74, 6) is 0. The number of amides is 1. The lowest BCUT2D eigenvalue weighted by atomic mass is 10.1. The third-order valence-corrected chi connectivity index (χ3v) is 3.83. The molecule has 1 unspecified atom stereocenters. The van der Waals surface area contributed by atoms with Crippen LogP contribution in [0, 0.1) is 0 Å². The van der Waals surface area contributed by atoms with Gasteiger partial charge in [0, 0.05) is 6.04 Å². The Labute approximate surface area is 150 Å². The van der Waals surface area contributed by atoms with Crippen molar-refractivity contribution in [3.63, 3.8) is 0 Å². The number of nitrogens with one attached hydrogen (secondary N) is 1. The molecule has 2 aromatic rings. The maximum Gasteiger partial charge on any atom is 0.407 e. The summed E-state index contributed by atoms with van der Waals surface area (Å²) >= 11 is 0. The van der Waals surface area contributed by atoms with Crippen LogP contribution in [0.4, 0.5) is 4.79 Å². The van der Waals surface area contributed by atoms with Gasteiger partial charge in [0.15, 0.2) is 0 Å². The highest BCUT2D eigenvalue weighted by Crippen LogP contribution is 2.05. The van der Waals surface area contributed by atoms with Gasteiger partial charge in [-0.25, -0.2) is 4.79 Å². The van der Waals surface area contributed by atoms with Gasteiger partial charge in [-0.3, -0.25) is 0 Å². The Morgan fingerprint density at radius 2 is 1.44 bits per heavy atom. The second kappa shape index (κ2) is 10.5. The van der Waals surface area contributed by atoms with Gasteiger partial charge in [0.25, 0.3) is 0 Å². The van der Waals surface area contributed by atoms with Crippen LogP contribution < -0.4 is 5.32 Å². The van der Waals surface area contributed by atoms with E-state index in [0.29, 0.717) is 6.61 Å². The fourth-order valence-electron chi connectivity index (χ4n) is 2.65. The highest BCUT2D eigenvalue weighted by molar-refractivity contribution is 5.67. The summed E-state index contributed by atoms with van der Waals surface area (Å²) in [6.07, 6.45) is 1.32. The zero-order valence-electron chi connectivity index (χ0n) is 15.0. The van der Waals surface area contributed by atoms with E-state index in [0.717, 1.165) is 12.8 Å². The fourth-order valence-corrected chi connectivity index (χ4v) is 2.65. The molecule has 0 saturated carbocycles. The molecule has 25 heavy (non-hydrogen) atoms. The molecule has 0 aliphatic heterocycles. The molecular weight excluding hydrogens is 314 g/mol. The van der Waals surface area contributed by atoms with Crippen molar-refractivity contribution in [2.75, 3.05) is 13.2 Å². The average molecular weight is 341 g/mol. The van der Waals surface area contributed by atoms with Crippen molar-refractivity contribution in [3.8, 4) is 0 Å². The Kier molecular flexibility index (Phi) is 7.99. The molecule has 1 amide bonds. The molecule has 134 valence electrons. The average Bonchev–Trinajstić information content (AvgIpc) is 2.60. The number of carbonyl (C=O) groups is 1. The highest BCUT2D eigenvalue weighted by atomic mass is 16.6. The summed E-state index contributed by atoms with van der Waals surface area (Å²) < 4.78 is 10.9. The number of benzene rings is 2. The van der Waals surface area contributed by atoms with Crippen molar-refractivity contribution in [1.29, 1.82) is 0 Å². The normalized spacial score (nSPS) is 13.0. The summed E-state index contributed by atoms with van der Waals surface area (Å²) in [4.78, 5) is 11.8. The van der Waals surface area contributed by atoms with E-state index < -0.39 is 6.09 Å². The monoisotopic (exact) mass is 341 g/mol. The lowest BCUT2D eigenvalue weighted by molar-refractivity contribution is 0.0307. The van der Waals surface area contributed by atoms with E-state index in [1.165, 1.54) is 11.1 Å². The molecule has 0 bridgehead atoms. The Hall–Kier alpha value is -2.33. The molecule has 0 aromatic heterocycles. The van der Waals surface area contributed by atoms with Crippen LogP contribution in [0.2, 0.25) is 0 Å². The zero-order valence-corrected chi connectivity index (χ0v) is 15.0. The molecule has 2 atom stereocenters. The number of alkyl carbamates (subject to hydrolysis) is 1. The minimum Gasteiger partial charge on any atom is -0.447 e. The molecule has 0 radical (unpaired) electrons. The first-order chi connectivity index (χ1) is 12.1. The van der Waals surface area contributed by atoms with Gasteiger partial charge >= 0.3 is 6.09 Å². The topological polar surface area (TPSA) is 47.6 Å². The summed E-state index contributed by atoms with van der Waals surface area (Å²) in [5.41, 5.74) is 2.43. The van der Waals surface area contributed by atoms with Crippen molar-refractivity contribution in [2.45, 2.75) is 38.8 Å². The van der Waals surface area contributed by atoms with E-state index in [1.807, 2.05) is 62.4 Å². The number of carbonyl (C=O) groups excluding carboxylic acids is 1. The number of rotatable bonds is 9. The predicted octanol–water partition coefficient (Wildman–Crippen LogP) is 3.99. The van der Waals surface area contributed by atoms with E-state index in [2.05, 4.69) is 17.4 Å². The van der Waals surface area contributed by atoms with E-state index in [-0.39, 0.29) is 18.8 Å². The number of hydrogen-bond donors (Lipinski definition) is 1. The van der Waals surface area contributed by atoms with Crippen LogP contribution in [0.3, 0.4) is 0 Å². The summed E-state index contributed by atoms with van der Waals surface area (Å²) in [7, 11) is 0. The number of hydrogen-bond acceptors (Lipinski definition) is 3. The molecule has 0 fully saturated rings. The van der Waals surface area contributed by atoms with Crippen LogP contribution in [0.1, 0.15) is 25.0 Å². The third kappa shape index (κ3) is 7.86. The molecule has 4 nitrogen and oxygen atoms in total. The van der Waals surface area contributed by atoms with Gasteiger partial charge in [0.05, 0.1) is 12.7 Å². The van der Waals surface area contributed by atoms with Gasteiger partial charge in [-0.2, -0.15) is 0 Å². The Bertz CT molecular complexity index is 616. The van der Waals surface area contributed by atoms with Crippen LogP contribution in [-0.4, -0.2) is 31.5 Å². The third-order valence-electron chi connectivity index (χ3n) is 3.83. The van der Waals surface area contributed by atoms with Gasteiger partial charge in [-0.1, -0.05) is 60.7 Å². The SMILES string of the molecule is CC(Cc1ccccc1)OCCOC(=O)N[C@H](C)Cc1ccccc1. The minimum absolute atomic E-state index is 0.0211. The molecule has 0 spiro atoms. The van der Waals surface area contributed by atoms with Crippen molar-refractivity contribution in [2.24, 2.45) is 0 Å². The first-order valence-corrected chi connectivity index (χ1v) is 8.76. The van der Waals surface area contributed by atoms with Crippen molar-refractivity contribution >= 4 is 6.09 Å². The molecule has 2 aromatic carbocycles. The van der Waals surface area contributed by atoms with Gasteiger partial charge in [0.1, 0.15) is 6.61 Å². The summed E-state index contributed by atoms with van der Waals surface area (Å²) in [6, 6.07) is 20.3. The number of ether oxygens (including phenoxy) is 2. The van der Waals surface area contributed by atoms with Crippen LogP contribution in [0.15, 0.2) is 60.7 Å². The maximum atomic E-state index is 11.8. The summed E-state index contributed by atoms with van der Waals surface area (Å²) in [5, 5.41) is 2.84. The van der Waals surface area contributed by atoms with E-state index in [1.54, 1.807) is 0 Å². The first kappa shape index (κ1) is 19.0. The second-order valence-corrected chi connectivity index (χ2v) is 6.24.